The lowest BCUT2D eigenvalue weighted by Gasteiger charge is -2.38. The van der Waals surface area contributed by atoms with Crippen molar-refractivity contribution in [3.05, 3.63) is 18.2 Å². The molecule has 0 spiro atoms. The number of carbonyl (C=O) groups is 1. The normalized spacial score (nSPS) is 12.2. The molecule has 7 nitrogen and oxygen atoms in total. The summed E-state index contributed by atoms with van der Waals surface area (Å²) < 4.78 is 9.90. The van der Waals surface area contributed by atoms with Crippen molar-refractivity contribution in [2.75, 3.05) is 7.11 Å². The van der Waals surface area contributed by atoms with Crippen LogP contribution < -0.4 is 5.46 Å². The zero-order valence-corrected chi connectivity index (χ0v) is 12.2. The molecule has 0 saturated carbocycles. The summed E-state index contributed by atoms with van der Waals surface area (Å²) in [4.78, 5) is 18.7. The average molecular weight is 282 g/mol. The van der Waals surface area contributed by atoms with Gasteiger partial charge in [0.2, 0.25) is 5.82 Å². The number of hydrogen-bond acceptors (Lipinski definition) is 7. The van der Waals surface area contributed by atoms with Gasteiger partial charge in [0.05, 0.1) is 18.3 Å². The molecule has 0 aliphatic carbocycles. The van der Waals surface area contributed by atoms with Crippen molar-refractivity contribution < 1.29 is 24.3 Å². The number of rotatable bonds is 5. The van der Waals surface area contributed by atoms with E-state index in [0.29, 0.717) is 0 Å². The van der Waals surface area contributed by atoms with Crippen LogP contribution in [0.4, 0.5) is 0 Å². The van der Waals surface area contributed by atoms with Crippen LogP contribution in [0.5, 0.6) is 0 Å². The Hall–Kier alpha value is -1.51. The van der Waals surface area contributed by atoms with E-state index >= 15 is 0 Å². The van der Waals surface area contributed by atoms with E-state index in [4.69, 9.17) is 4.65 Å². The van der Waals surface area contributed by atoms with Gasteiger partial charge in [0.1, 0.15) is 0 Å². The molecule has 0 amide bonds. The van der Waals surface area contributed by atoms with Gasteiger partial charge in [0.25, 0.3) is 0 Å². The molecule has 0 radical (unpaired) electrons. The third kappa shape index (κ3) is 3.75. The molecule has 0 aromatic carbocycles. The number of carbonyl (C=O) groups excluding carboxylic acids is 1. The fourth-order valence-corrected chi connectivity index (χ4v) is 1.15. The first-order valence-corrected chi connectivity index (χ1v) is 6.07. The second-order valence-electron chi connectivity index (χ2n) is 5.37. The van der Waals surface area contributed by atoms with E-state index in [0.717, 1.165) is 0 Å². The largest absolute Gasteiger partial charge is 0.494 e. The van der Waals surface area contributed by atoms with Crippen molar-refractivity contribution in [1.82, 2.24) is 9.97 Å². The van der Waals surface area contributed by atoms with Crippen LogP contribution in [0.25, 0.3) is 0 Å². The van der Waals surface area contributed by atoms with Gasteiger partial charge in [-0.25, -0.2) is 14.8 Å². The molecule has 110 valence electrons. The van der Waals surface area contributed by atoms with Gasteiger partial charge in [-0.3, -0.25) is 0 Å². The number of ether oxygens (including phenoxy) is 1. The molecule has 0 unspecified atom stereocenters. The maximum atomic E-state index is 11.2. The fraction of sp³-hybridized carbons (Fsp3) is 0.583. The van der Waals surface area contributed by atoms with Gasteiger partial charge in [0, 0.05) is 17.9 Å². The van der Waals surface area contributed by atoms with E-state index in [1.165, 1.54) is 19.5 Å². The highest BCUT2D eigenvalue weighted by atomic mass is 16.5. The average Bonchev–Trinajstić information content (AvgIpc) is 2.36. The number of hydrogen-bond donors (Lipinski definition) is 2. The summed E-state index contributed by atoms with van der Waals surface area (Å²) in [5.41, 5.74) is -1.87. The summed E-state index contributed by atoms with van der Waals surface area (Å²) >= 11 is 0. The number of methoxy groups -OCH3 is 1. The van der Waals surface area contributed by atoms with Crippen LogP contribution in [-0.4, -0.2) is 51.5 Å². The molecule has 1 aromatic rings. The van der Waals surface area contributed by atoms with Gasteiger partial charge in [-0.05, 0) is 27.7 Å². The van der Waals surface area contributed by atoms with Crippen LogP contribution in [0.2, 0.25) is 0 Å². The van der Waals surface area contributed by atoms with Gasteiger partial charge in [-0.1, -0.05) is 0 Å². The Morgan fingerprint density at radius 1 is 1.25 bits per heavy atom. The Balaban J connectivity index is 2.83. The SMILES string of the molecule is COC(=O)c1ncc(B(O)OC(C)(C)C(C)(C)O)cn1. The Morgan fingerprint density at radius 2 is 1.75 bits per heavy atom. The third-order valence-corrected chi connectivity index (χ3v) is 3.20. The van der Waals surface area contributed by atoms with Crippen LogP contribution >= 0.6 is 0 Å². The molecular weight excluding hydrogens is 263 g/mol. The number of aromatic nitrogens is 2. The first-order valence-electron chi connectivity index (χ1n) is 6.07. The molecule has 0 bridgehead atoms. The number of esters is 1. The molecule has 1 rings (SSSR count). The highest BCUT2D eigenvalue weighted by Crippen LogP contribution is 2.25. The van der Waals surface area contributed by atoms with Crippen LogP contribution in [0.3, 0.4) is 0 Å². The van der Waals surface area contributed by atoms with E-state index in [1.54, 1.807) is 27.7 Å². The Kier molecular flexibility index (Phi) is 4.85. The van der Waals surface area contributed by atoms with Gasteiger partial charge < -0.3 is 19.5 Å². The predicted octanol–water partition coefficient (Wildman–Crippen LogP) is -0.483. The minimum absolute atomic E-state index is 0.106. The minimum Gasteiger partial charge on any atom is -0.463 e. The summed E-state index contributed by atoms with van der Waals surface area (Å²) in [7, 11) is -0.0909. The predicted molar refractivity (Wildman–Crippen MR) is 72.4 cm³/mol. The Labute approximate surface area is 118 Å². The maximum Gasteiger partial charge on any atom is 0.494 e. The smallest absolute Gasteiger partial charge is 0.463 e. The van der Waals surface area contributed by atoms with E-state index in [2.05, 4.69) is 14.7 Å². The quantitative estimate of drug-likeness (QED) is 0.555. The van der Waals surface area contributed by atoms with Gasteiger partial charge in [-0.2, -0.15) is 0 Å². The monoisotopic (exact) mass is 282 g/mol. The molecule has 8 heteroatoms. The summed E-state index contributed by atoms with van der Waals surface area (Å²) in [6, 6.07) is 0. The first-order chi connectivity index (χ1) is 9.08. The molecule has 0 saturated heterocycles. The first kappa shape index (κ1) is 16.5. The summed E-state index contributed by atoms with van der Waals surface area (Å²) in [6.07, 6.45) is 2.54. The Morgan fingerprint density at radius 3 is 2.15 bits per heavy atom. The lowest BCUT2D eigenvalue weighted by Crippen LogP contribution is -2.53. The van der Waals surface area contributed by atoms with Crippen molar-refractivity contribution in [2.24, 2.45) is 0 Å². The van der Waals surface area contributed by atoms with Crippen molar-refractivity contribution in [2.45, 2.75) is 38.9 Å². The lowest BCUT2D eigenvalue weighted by atomic mass is 9.78. The molecular formula is C12H19BN2O5. The van der Waals surface area contributed by atoms with Crippen molar-refractivity contribution in [1.29, 1.82) is 0 Å². The zero-order valence-electron chi connectivity index (χ0n) is 12.2. The highest BCUT2D eigenvalue weighted by Gasteiger charge is 2.39. The number of nitrogens with zero attached hydrogens (tertiary/aromatic N) is 2. The van der Waals surface area contributed by atoms with Crippen molar-refractivity contribution in [3.63, 3.8) is 0 Å². The molecule has 0 aliphatic heterocycles. The fourth-order valence-electron chi connectivity index (χ4n) is 1.15. The van der Waals surface area contributed by atoms with Gasteiger partial charge >= 0.3 is 13.1 Å². The minimum atomic E-state index is -1.32. The summed E-state index contributed by atoms with van der Waals surface area (Å²) in [5.74, 6) is -0.769. The maximum absolute atomic E-state index is 11.2. The summed E-state index contributed by atoms with van der Waals surface area (Å²) in [6.45, 7) is 6.47. The van der Waals surface area contributed by atoms with Crippen LogP contribution in [0.1, 0.15) is 38.3 Å². The molecule has 2 N–H and O–H groups in total. The van der Waals surface area contributed by atoms with E-state index in [1.807, 2.05) is 0 Å². The molecule has 20 heavy (non-hydrogen) atoms. The van der Waals surface area contributed by atoms with E-state index in [9.17, 15) is 14.9 Å². The van der Waals surface area contributed by atoms with E-state index in [-0.39, 0.29) is 11.3 Å². The van der Waals surface area contributed by atoms with Gasteiger partial charge in [-0.15, -0.1) is 0 Å². The molecule has 0 fully saturated rings. The van der Waals surface area contributed by atoms with Crippen molar-refractivity contribution >= 4 is 18.6 Å². The van der Waals surface area contributed by atoms with Crippen molar-refractivity contribution in [3.8, 4) is 0 Å². The molecule has 0 atom stereocenters. The van der Waals surface area contributed by atoms with Crippen LogP contribution in [0, 0.1) is 0 Å². The second kappa shape index (κ2) is 5.86. The second-order valence-corrected chi connectivity index (χ2v) is 5.37. The van der Waals surface area contributed by atoms with Crippen LogP contribution in [-0.2, 0) is 9.39 Å². The molecule has 1 aromatic heterocycles. The molecule has 1 heterocycles. The van der Waals surface area contributed by atoms with Gasteiger partial charge in [0.15, 0.2) is 0 Å². The molecule has 0 aliphatic rings. The topological polar surface area (TPSA) is 102 Å². The standard InChI is InChI=1S/C12H19BN2O5/c1-11(2,17)12(3,4)20-13(18)8-6-14-9(15-7-8)10(16)19-5/h6-7,17-18H,1-5H3. The number of aliphatic hydroxyl groups is 1. The zero-order chi connectivity index (χ0) is 15.6. The highest BCUT2D eigenvalue weighted by molar-refractivity contribution is 6.59. The lowest BCUT2D eigenvalue weighted by molar-refractivity contribution is -0.0982. The van der Waals surface area contributed by atoms with Crippen LogP contribution in [0.15, 0.2) is 12.4 Å². The van der Waals surface area contributed by atoms with E-state index < -0.39 is 24.3 Å². The Bertz CT molecular complexity index is 470. The third-order valence-electron chi connectivity index (χ3n) is 3.20. The summed E-state index contributed by atoms with van der Waals surface area (Å²) in [5, 5.41) is 19.9.